The van der Waals surface area contributed by atoms with Crippen molar-refractivity contribution in [1.82, 2.24) is 0 Å². The number of nitrogens with two attached hydrogens (primary N) is 1. The van der Waals surface area contributed by atoms with Crippen molar-refractivity contribution in [3.05, 3.63) is 53.3 Å². The second kappa shape index (κ2) is 4.02. The maximum Gasteiger partial charge on any atom is 0.125 e. The van der Waals surface area contributed by atoms with E-state index in [1.54, 1.807) is 6.07 Å². The van der Waals surface area contributed by atoms with Crippen LogP contribution in [0.5, 0.6) is 0 Å². The standard InChI is InChI=1S/C15H15FN2/c1-10-8-13(4-5-14(10)17)18-7-6-11-2-3-12(16)9-15(11)18/h2-5,8-9H,6-7,17H2,1H3. The van der Waals surface area contributed by atoms with Crippen LogP contribution in [-0.2, 0) is 6.42 Å². The average Bonchev–Trinajstić information content (AvgIpc) is 2.75. The number of benzene rings is 2. The van der Waals surface area contributed by atoms with Crippen molar-refractivity contribution >= 4 is 17.1 Å². The molecular weight excluding hydrogens is 227 g/mol. The van der Waals surface area contributed by atoms with Crippen molar-refractivity contribution in [2.24, 2.45) is 0 Å². The van der Waals surface area contributed by atoms with Gasteiger partial charge in [0.05, 0.1) is 0 Å². The number of aryl methyl sites for hydroxylation is 1. The second-order valence-electron chi connectivity index (χ2n) is 4.72. The van der Waals surface area contributed by atoms with E-state index in [-0.39, 0.29) is 5.82 Å². The monoisotopic (exact) mass is 242 g/mol. The number of nitrogen functional groups attached to an aromatic ring is 1. The molecule has 92 valence electrons. The Bertz CT molecular complexity index is 607. The second-order valence-corrected chi connectivity index (χ2v) is 4.72. The molecule has 0 radical (unpaired) electrons. The highest BCUT2D eigenvalue weighted by atomic mass is 19.1. The molecule has 0 fully saturated rings. The van der Waals surface area contributed by atoms with Crippen molar-refractivity contribution in [1.29, 1.82) is 0 Å². The van der Waals surface area contributed by atoms with E-state index in [4.69, 9.17) is 5.73 Å². The van der Waals surface area contributed by atoms with Gasteiger partial charge in [0.2, 0.25) is 0 Å². The number of hydrogen-bond donors (Lipinski definition) is 1. The van der Waals surface area contributed by atoms with E-state index in [0.717, 1.165) is 35.6 Å². The maximum atomic E-state index is 13.3. The number of nitrogens with zero attached hydrogens (tertiary/aromatic N) is 1. The van der Waals surface area contributed by atoms with Crippen molar-refractivity contribution in [3.63, 3.8) is 0 Å². The minimum absolute atomic E-state index is 0.187. The van der Waals surface area contributed by atoms with Crippen LogP contribution in [0.15, 0.2) is 36.4 Å². The van der Waals surface area contributed by atoms with Gasteiger partial charge in [-0.1, -0.05) is 6.07 Å². The molecule has 0 spiro atoms. The quantitative estimate of drug-likeness (QED) is 0.776. The van der Waals surface area contributed by atoms with Crippen molar-refractivity contribution in [2.45, 2.75) is 13.3 Å². The molecule has 2 aromatic rings. The van der Waals surface area contributed by atoms with Gasteiger partial charge in [0.25, 0.3) is 0 Å². The minimum Gasteiger partial charge on any atom is -0.399 e. The van der Waals surface area contributed by atoms with E-state index in [2.05, 4.69) is 11.0 Å². The van der Waals surface area contributed by atoms with E-state index in [0.29, 0.717) is 0 Å². The van der Waals surface area contributed by atoms with Crippen LogP contribution in [0.3, 0.4) is 0 Å². The van der Waals surface area contributed by atoms with Crippen molar-refractivity contribution < 1.29 is 4.39 Å². The molecule has 1 aliphatic heterocycles. The van der Waals surface area contributed by atoms with Gasteiger partial charge in [-0.2, -0.15) is 0 Å². The van der Waals surface area contributed by atoms with Gasteiger partial charge in [-0.3, -0.25) is 0 Å². The number of rotatable bonds is 1. The third-order valence-electron chi connectivity index (χ3n) is 3.51. The summed E-state index contributed by atoms with van der Waals surface area (Å²) < 4.78 is 13.3. The van der Waals surface area contributed by atoms with Crippen LogP contribution in [-0.4, -0.2) is 6.54 Å². The molecule has 0 atom stereocenters. The van der Waals surface area contributed by atoms with Crippen LogP contribution >= 0.6 is 0 Å². The Morgan fingerprint density at radius 3 is 2.78 bits per heavy atom. The third kappa shape index (κ3) is 1.72. The van der Waals surface area contributed by atoms with E-state index in [9.17, 15) is 4.39 Å². The summed E-state index contributed by atoms with van der Waals surface area (Å²) in [6.45, 7) is 2.88. The molecular formula is C15H15FN2. The van der Waals surface area contributed by atoms with Crippen molar-refractivity contribution in [3.8, 4) is 0 Å². The van der Waals surface area contributed by atoms with Crippen LogP contribution in [0.25, 0.3) is 0 Å². The molecule has 0 saturated heterocycles. The molecule has 0 aliphatic carbocycles. The molecule has 0 aromatic heterocycles. The molecule has 2 aromatic carbocycles. The van der Waals surface area contributed by atoms with E-state index < -0.39 is 0 Å². The normalized spacial score (nSPS) is 13.8. The number of fused-ring (bicyclic) bond motifs is 1. The zero-order chi connectivity index (χ0) is 12.7. The summed E-state index contributed by atoms with van der Waals surface area (Å²) in [7, 11) is 0. The summed E-state index contributed by atoms with van der Waals surface area (Å²) in [6, 6.07) is 10.9. The Kier molecular flexibility index (Phi) is 2.47. The van der Waals surface area contributed by atoms with Crippen LogP contribution < -0.4 is 10.6 Å². The summed E-state index contributed by atoms with van der Waals surface area (Å²) >= 11 is 0. The van der Waals surface area contributed by atoms with E-state index in [1.165, 1.54) is 11.6 Å². The summed E-state index contributed by atoms with van der Waals surface area (Å²) in [4.78, 5) is 2.14. The molecule has 1 heterocycles. The predicted molar refractivity (Wildman–Crippen MR) is 72.7 cm³/mol. The molecule has 0 unspecified atom stereocenters. The Morgan fingerprint density at radius 1 is 1.17 bits per heavy atom. The lowest BCUT2D eigenvalue weighted by Crippen LogP contribution is -2.13. The largest absolute Gasteiger partial charge is 0.399 e. The Hall–Kier alpha value is -2.03. The first-order valence-electron chi connectivity index (χ1n) is 6.07. The van der Waals surface area contributed by atoms with Gasteiger partial charge < -0.3 is 10.6 Å². The zero-order valence-electron chi connectivity index (χ0n) is 10.3. The van der Waals surface area contributed by atoms with Gasteiger partial charge in [-0.05, 0) is 54.8 Å². The molecule has 18 heavy (non-hydrogen) atoms. The molecule has 0 bridgehead atoms. The molecule has 0 saturated carbocycles. The molecule has 2 nitrogen and oxygen atoms in total. The third-order valence-corrected chi connectivity index (χ3v) is 3.51. The molecule has 1 aliphatic rings. The van der Waals surface area contributed by atoms with Crippen LogP contribution in [0.4, 0.5) is 21.5 Å². The lowest BCUT2D eigenvalue weighted by atomic mass is 10.1. The first kappa shape index (κ1) is 11.1. The average molecular weight is 242 g/mol. The van der Waals surface area contributed by atoms with Gasteiger partial charge >= 0.3 is 0 Å². The molecule has 3 rings (SSSR count). The van der Waals surface area contributed by atoms with E-state index >= 15 is 0 Å². The smallest absolute Gasteiger partial charge is 0.125 e. The SMILES string of the molecule is Cc1cc(N2CCc3ccc(F)cc32)ccc1N. The van der Waals surface area contributed by atoms with Crippen LogP contribution in [0.1, 0.15) is 11.1 Å². The lowest BCUT2D eigenvalue weighted by molar-refractivity contribution is 0.628. The number of anilines is 3. The van der Waals surface area contributed by atoms with Gasteiger partial charge in [0.15, 0.2) is 0 Å². The Labute approximate surface area is 106 Å². The van der Waals surface area contributed by atoms with Gasteiger partial charge in [-0.25, -0.2) is 4.39 Å². The van der Waals surface area contributed by atoms with Gasteiger partial charge in [-0.15, -0.1) is 0 Å². The molecule has 3 heteroatoms. The molecule has 2 N–H and O–H groups in total. The van der Waals surface area contributed by atoms with Crippen molar-refractivity contribution in [2.75, 3.05) is 17.2 Å². The zero-order valence-corrected chi connectivity index (χ0v) is 10.3. The van der Waals surface area contributed by atoms with Gasteiger partial charge in [0.1, 0.15) is 5.82 Å². The molecule has 0 amide bonds. The first-order chi connectivity index (χ1) is 8.65. The lowest BCUT2D eigenvalue weighted by Gasteiger charge is -2.20. The fourth-order valence-corrected chi connectivity index (χ4v) is 2.45. The highest BCUT2D eigenvalue weighted by molar-refractivity contribution is 5.71. The van der Waals surface area contributed by atoms with Crippen LogP contribution in [0, 0.1) is 12.7 Å². The summed E-state index contributed by atoms with van der Waals surface area (Å²) in [5.74, 6) is -0.187. The summed E-state index contributed by atoms with van der Waals surface area (Å²) in [5, 5.41) is 0. The number of halogens is 1. The fraction of sp³-hybridized carbons (Fsp3) is 0.200. The summed E-state index contributed by atoms with van der Waals surface area (Å²) in [5.41, 5.74) is 10.9. The number of hydrogen-bond acceptors (Lipinski definition) is 2. The first-order valence-corrected chi connectivity index (χ1v) is 6.07. The topological polar surface area (TPSA) is 29.3 Å². The predicted octanol–water partition coefficient (Wildman–Crippen LogP) is 3.41. The Balaban J connectivity index is 2.05. The minimum atomic E-state index is -0.187. The highest BCUT2D eigenvalue weighted by Crippen LogP contribution is 2.35. The highest BCUT2D eigenvalue weighted by Gasteiger charge is 2.21. The van der Waals surface area contributed by atoms with Crippen LogP contribution in [0.2, 0.25) is 0 Å². The maximum absolute atomic E-state index is 13.3. The van der Waals surface area contributed by atoms with Gasteiger partial charge in [0, 0.05) is 23.6 Å². The van der Waals surface area contributed by atoms with E-state index in [1.807, 2.05) is 25.1 Å². The summed E-state index contributed by atoms with van der Waals surface area (Å²) in [6.07, 6.45) is 0.957. The fourth-order valence-electron chi connectivity index (χ4n) is 2.45. The Morgan fingerprint density at radius 2 is 2.00 bits per heavy atom.